The summed E-state index contributed by atoms with van der Waals surface area (Å²) in [7, 11) is 0. The van der Waals surface area contributed by atoms with E-state index in [0.717, 1.165) is 37.6 Å². The quantitative estimate of drug-likeness (QED) is 0.680. The molecule has 36 heavy (non-hydrogen) atoms. The topological polar surface area (TPSA) is 106 Å². The molecule has 4 saturated heterocycles. The first-order chi connectivity index (χ1) is 17.2. The molecule has 1 amide bonds. The minimum Gasteiger partial charge on any atom is -0.461 e. The lowest BCUT2D eigenvalue weighted by molar-refractivity contribution is 0.00387. The maximum atomic E-state index is 14.2. The van der Waals surface area contributed by atoms with Gasteiger partial charge in [-0.1, -0.05) is 0 Å². The van der Waals surface area contributed by atoms with E-state index < -0.39 is 11.8 Å². The predicted molar refractivity (Wildman–Crippen MR) is 129 cm³/mol. The zero-order valence-electron chi connectivity index (χ0n) is 21.1. The van der Waals surface area contributed by atoms with Crippen molar-refractivity contribution in [1.82, 2.24) is 35.1 Å². The molecule has 5 atom stereocenters. The Kier molecular flexibility index (Phi) is 5.75. The first kappa shape index (κ1) is 23.7. The summed E-state index contributed by atoms with van der Waals surface area (Å²) in [6.45, 7) is 8.00. The summed E-state index contributed by atoms with van der Waals surface area (Å²) in [5, 5.41) is 4.32. The smallest absolute Gasteiger partial charge is 0.410 e. The van der Waals surface area contributed by atoms with Gasteiger partial charge in [0, 0.05) is 31.7 Å². The Balaban J connectivity index is 1.30. The number of hydrogen-bond donors (Lipinski definition) is 1. The maximum absolute atomic E-state index is 14.2. The van der Waals surface area contributed by atoms with Crippen LogP contribution in [0.15, 0.2) is 12.5 Å². The molecule has 4 aliphatic rings. The number of carbonyl (C=O) groups excluding carboxylic acids is 1. The van der Waals surface area contributed by atoms with Crippen molar-refractivity contribution in [2.24, 2.45) is 0 Å². The molecular formula is C25H34FN7O3. The van der Waals surface area contributed by atoms with Crippen LogP contribution in [0.4, 0.5) is 9.18 Å². The molecule has 6 heterocycles. The number of rotatable bonds is 4. The van der Waals surface area contributed by atoms with Gasteiger partial charge in [-0.05, 0) is 53.0 Å². The van der Waals surface area contributed by atoms with Gasteiger partial charge in [0.25, 0.3) is 0 Å². The first-order valence-corrected chi connectivity index (χ1v) is 13.0. The van der Waals surface area contributed by atoms with E-state index in [1.54, 1.807) is 6.20 Å². The van der Waals surface area contributed by atoms with Gasteiger partial charge in [0.05, 0.1) is 28.7 Å². The summed E-state index contributed by atoms with van der Waals surface area (Å²) >= 11 is 0. The van der Waals surface area contributed by atoms with E-state index in [2.05, 4.69) is 25.2 Å². The molecule has 11 heteroatoms. The Hall–Kier alpha value is -2.66. The summed E-state index contributed by atoms with van der Waals surface area (Å²) in [5.41, 5.74) is 0.342. The monoisotopic (exact) mass is 499 g/mol. The molecular weight excluding hydrogens is 465 g/mol. The standard InChI is InChI=1S/C25H34FN7O3/c1-24(2,3)36-23(34)33-16-5-6-18(33)20(28-10-16)19-17-11-27-14-29-21(17)31-22(30-19)35-13-25-7-4-8-32(25)12-15(26)9-25/h11,14-16,18,20,28H,4-10,12-13H2,1-3H3/t15-,16?,18?,20?,25+/m1/s1. The van der Waals surface area contributed by atoms with Crippen LogP contribution in [0, 0.1) is 0 Å². The molecule has 10 nitrogen and oxygen atoms in total. The van der Waals surface area contributed by atoms with Gasteiger partial charge >= 0.3 is 12.1 Å². The van der Waals surface area contributed by atoms with Crippen LogP contribution in [0.1, 0.15) is 64.6 Å². The normalized spacial score (nSPS) is 32.2. The molecule has 4 aliphatic heterocycles. The highest BCUT2D eigenvalue weighted by atomic mass is 19.1. The molecule has 1 N–H and O–H groups in total. The van der Waals surface area contributed by atoms with Crippen molar-refractivity contribution in [2.45, 2.75) is 88.3 Å². The third-order valence-electron chi connectivity index (χ3n) is 8.02. The largest absolute Gasteiger partial charge is 0.461 e. The van der Waals surface area contributed by atoms with Gasteiger partial charge in [-0.25, -0.2) is 19.2 Å². The second-order valence-corrected chi connectivity index (χ2v) is 11.6. The highest BCUT2D eigenvalue weighted by molar-refractivity contribution is 5.77. The summed E-state index contributed by atoms with van der Waals surface area (Å²) in [5.74, 6) is 0. The van der Waals surface area contributed by atoms with Gasteiger partial charge in [-0.3, -0.25) is 9.80 Å². The minimum absolute atomic E-state index is 0.0876. The predicted octanol–water partition coefficient (Wildman–Crippen LogP) is 2.79. The summed E-state index contributed by atoms with van der Waals surface area (Å²) in [4.78, 5) is 35.2. The first-order valence-electron chi connectivity index (χ1n) is 13.0. The van der Waals surface area contributed by atoms with Gasteiger partial charge in [0.1, 0.15) is 24.7 Å². The third kappa shape index (κ3) is 4.15. The fourth-order valence-electron chi connectivity index (χ4n) is 6.54. The minimum atomic E-state index is -0.824. The molecule has 3 unspecified atom stereocenters. The van der Waals surface area contributed by atoms with Gasteiger partial charge in [0.15, 0.2) is 5.65 Å². The van der Waals surface area contributed by atoms with Gasteiger partial charge < -0.3 is 14.8 Å². The number of ether oxygens (including phenoxy) is 2. The third-order valence-corrected chi connectivity index (χ3v) is 8.02. The van der Waals surface area contributed by atoms with Crippen molar-refractivity contribution in [1.29, 1.82) is 0 Å². The number of piperazine rings is 1. The summed E-state index contributed by atoms with van der Waals surface area (Å²) in [6.07, 6.45) is 6.23. The van der Waals surface area contributed by atoms with E-state index in [9.17, 15) is 9.18 Å². The lowest BCUT2D eigenvalue weighted by Crippen LogP contribution is -2.56. The number of alkyl halides is 1. The highest BCUT2D eigenvalue weighted by Crippen LogP contribution is 2.41. The van der Waals surface area contributed by atoms with Crippen LogP contribution >= 0.6 is 0 Å². The SMILES string of the molecule is CC(C)(C)OC(=O)N1C2CCC1C(c1nc(OC[C@@]34CCCN3C[C@H](F)C4)nc3ncncc13)NC2. The second-order valence-electron chi connectivity index (χ2n) is 11.6. The maximum Gasteiger partial charge on any atom is 0.410 e. The van der Waals surface area contributed by atoms with E-state index in [-0.39, 0.29) is 35.8 Å². The fraction of sp³-hybridized carbons (Fsp3) is 0.720. The molecule has 2 bridgehead atoms. The average Bonchev–Trinajstić information content (AvgIpc) is 3.45. The summed E-state index contributed by atoms with van der Waals surface area (Å²) < 4.78 is 26.1. The highest BCUT2D eigenvalue weighted by Gasteiger charge is 2.50. The van der Waals surface area contributed by atoms with Crippen LogP contribution < -0.4 is 10.1 Å². The van der Waals surface area contributed by atoms with Crippen molar-refractivity contribution in [3.63, 3.8) is 0 Å². The summed E-state index contributed by atoms with van der Waals surface area (Å²) in [6, 6.07) is -0.0381. The van der Waals surface area contributed by atoms with Crippen LogP contribution in [0.2, 0.25) is 0 Å². The molecule has 0 aliphatic carbocycles. The Morgan fingerprint density at radius 2 is 2.17 bits per heavy atom. The Morgan fingerprint density at radius 3 is 3.00 bits per heavy atom. The molecule has 2 aromatic rings. The van der Waals surface area contributed by atoms with Crippen LogP contribution in [-0.4, -0.2) is 91.5 Å². The van der Waals surface area contributed by atoms with E-state index in [4.69, 9.17) is 14.5 Å². The number of nitrogens with zero attached hydrogens (tertiary/aromatic N) is 6. The zero-order valence-corrected chi connectivity index (χ0v) is 21.1. The van der Waals surface area contributed by atoms with Gasteiger partial charge in [-0.2, -0.15) is 9.97 Å². The Labute approximate surface area is 210 Å². The Bertz CT molecular complexity index is 1160. The molecule has 194 valence electrons. The molecule has 0 spiro atoms. The average molecular weight is 500 g/mol. The van der Waals surface area contributed by atoms with Gasteiger partial charge in [0.2, 0.25) is 0 Å². The number of fused-ring (bicyclic) bond motifs is 4. The number of halogens is 1. The molecule has 0 saturated carbocycles. The number of hydrogen-bond acceptors (Lipinski definition) is 9. The van der Waals surface area contributed by atoms with E-state index in [0.29, 0.717) is 37.5 Å². The fourth-order valence-corrected chi connectivity index (χ4v) is 6.54. The van der Waals surface area contributed by atoms with Crippen LogP contribution in [0.5, 0.6) is 6.01 Å². The van der Waals surface area contributed by atoms with Crippen molar-refractivity contribution in [2.75, 3.05) is 26.2 Å². The number of carbonyl (C=O) groups is 1. The van der Waals surface area contributed by atoms with Crippen LogP contribution in [-0.2, 0) is 4.74 Å². The van der Waals surface area contributed by atoms with Crippen molar-refractivity contribution < 1.29 is 18.7 Å². The van der Waals surface area contributed by atoms with Crippen LogP contribution in [0.25, 0.3) is 11.0 Å². The second kappa shape index (κ2) is 8.72. The zero-order chi connectivity index (χ0) is 25.1. The lowest BCUT2D eigenvalue weighted by Gasteiger charge is -2.41. The lowest BCUT2D eigenvalue weighted by atomic mass is 9.95. The van der Waals surface area contributed by atoms with Crippen molar-refractivity contribution in [3.8, 4) is 6.01 Å². The van der Waals surface area contributed by atoms with E-state index in [1.165, 1.54) is 6.33 Å². The van der Waals surface area contributed by atoms with Gasteiger partial charge in [-0.15, -0.1) is 0 Å². The van der Waals surface area contributed by atoms with E-state index >= 15 is 0 Å². The molecule has 0 radical (unpaired) electrons. The number of aromatic nitrogens is 4. The molecule has 0 aromatic carbocycles. The molecule has 2 aromatic heterocycles. The van der Waals surface area contributed by atoms with Crippen LogP contribution in [0.3, 0.4) is 0 Å². The van der Waals surface area contributed by atoms with Crippen molar-refractivity contribution in [3.05, 3.63) is 18.2 Å². The Morgan fingerprint density at radius 1 is 1.31 bits per heavy atom. The number of amides is 1. The molecule has 6 rings (SSSR count). The van der Waals surface area contributed by atoms with E-state index in [1.807, 2.05) is 25.7 Å². The molecule has 4 fully saturated rings. The number of nitrogens with one attached hydrogen (secondary N) is 1. The van der Waals surface area contributed by atoms with Crippen molar-refractivity contribution >= 4 is 17.1 Å².